The Morgan fingerprint density at radius 1 is 1.25 bits per heavy atom. The molecule has 5 heteroatoms. The van der Waals surface area contributed by atoms with E-state index in [1.807, 2.05) is 0 Å². The number of nitro benzene ring substituents is 1. The monoisotopic (exact) mass is 278 g/mol. The average molecular weight is 278 g/mol. The largest absolute Gasteiger partial charge is 0.490 e. The second-order valence-electron chi connectivity index (χ2n) is 5.87. The first-order valence-electron chi connectivity index (χ1n) is 7.09. The lowest BCUT2D eigenvalue weighted by molar-refractivity contribution is -0.384. The van der Waals surface area contributed by atoms with E-state index in [0.29, 0.717) is 29.3 Å². The molecule has 1 aliphatic rings. The third kappa shape index (κ3) is 3.21. The van der Waals surface area contributed by atoms with Crippen LogP contribution < -0.4 is 10.1 Å². The molecule has 1 N–H and O–H groups in total. The molecule has 0 amide bonds. The van der Waals surface area contributed by atoms with Crippen LogP contribution in [0.5, 0.6) is 5.75 Å². The SMILES string of the molecule is COc1cccc(NC2CC(C)CC(C)C2)c1[N+](=O)[O-]. The highest BCUT2D eigenvalue weighted by Gasteiger charge is 2.27. The van der Waals surface area contributed by atoms with E-state index in [0.717, 1.165) is 12.8 Å². The van der Waals surface area contributed by atoms with E-state index in [1.165, 1.54) is 13.5 Å². The van der Waals surface area contributed by atoms with Crippen molar-refractivity contribution in [2.24, 2.45) is 11.8 Å². The Balaban J connectivity index is 2.22. The van der Waals surface area contributed by atoms with Crippen molar-refractivity contribution in [1.29, 1.82) is 0 Å². The van der Waals surface area contributed by atoms with Gasteiger partial charge >= 0.3 is 5.69 Å². The van der Waals surface area contributed by atoms with Crippen LogP contribution >= 0.6 is 0 Å². The fourth-order valence-corrected chi connectivity index (χ4v) is 3.28. The van der Waals surface area contributed by atoms with Crippen LogP contribution in [0.1, 0.15) is 33.1 Å². The molecule has 0 aromatic heterocycles. The summed E-state index contributed by atoms with van der Waals surface area (Å²) in [6.07, 6.45) is 3.34. The standard InChI is InChI=1S/C15H22N2O3/c1-10-7-11(2)9-12(8-10)16-13-5-4-6-14(20-3)15(13)17(18)19/h4-6,10-12,16H,7-9H2,1-3H3. The van der Waals surface area contributed by atoms with Gasteiger partial charge in [-0.1, -0.05) is 19.9 Å². The number of hydrogen-bond acceptors (Lipinski definition) is 4. The summed E-state index contributed by atoms with van der Waals surface area (Å²) in [5, 5.41) is 14.6. The minimum atomic E-state index is -0.378. The predicted molar refractivity (Wildman–Crippen MR) is 79.2 cm³/mol. The second-order valence-corrected chi connectivity index (χ2v) is 5.87. The van der Waals surface area contributed by atoms with E-state index in [9.17, 15) is 10.1 Å². The van der Waals surface area contributed by atoms with Gasteiger partial charge < -0.3 is 10.1 Å². The molecule has 0 radical (unpaired) electrons. The number of ether oxygens (including phenoxy) is 1. The molecule has 2 atom stereocenters. The summed E-state index contributed by atoms with van der Waals surface area (Å²) in [6.45, 7) is 4.48. The molecule has 1 fully saturated rings. The summed E-state index contributed by atoms with van der Waals surface area (Å²) < 4.78 is 5.10. The highest BCUT2D eigenvalue weighted by Crippen LogP contribution is 2.37. The molecule has 110 valence electrons. The van der Waals surface area contributed by atoms with Crippen LogP contribution in [0.4, 0.5) is 11.4 Å². The average Bonchev–Trinajstić information content (AvgIpc) is 2.36. The molecule has 1 aromatic rings. The number of nitro groups is 1. The molecule has 0 aliphatic heterocycles. The molecule has 0 saturated heterocycles. The summed E-state index contributed by atoms with van der Waals surface area (Å²) in [6, 6.07) is 5.45. The van der Waals surface area contributed by atoms with Gasteiger partial charge in [-0.2, -0.15) is 0 Å². The van der Waals surface area contributed by atoms with Gasteiger partial charge in [-0.3, -0.25) is 10.1 Å². The molecule has 0 spiro atoms. The van der Waals surface area contributed by atoms with Crippen LogP contribution in [0.3, 0.4) is 0 Å². The lowest BCUT2D eigenvalue weighted by Gasteiger charge is -2.32. The maximum atomic E-state index is 11.3. The molecule has 2 rings (SSSR count). The summed E-state index contributed by atoms with van der Waals surface area (Å²) in [4.78, 5) is 10.9. The molecule has 1 saturated carbocycles. The van der Waals surface area contributed by atoms with Crippen molar-refractivity contribution in [1.82, 2.24) is 0 Å². The summed E-state index contributed by atoms with van der Waals surface area (Å²) in [5.41, 5.74) is 0.585. The molecule has 1 aliphatic carbocycles. The minimum Gasteiger partial charge on any atom is -0.490 e. The Labute approximate surface area is 119 Å². The van der Waals surface area contributed by atoms with Gasteiger partial charge in [0.15, 0.2) is 5.75 Å². The first-order valence-corrected chi connectivity index (χ1v) is 7.09. The van der Waals surface area contributed by atoms with E-state index in [-0.39, 0.29) is 10.6 Å². The number of nitrogens with one attached hydrogen (secondary N) is 1. The van der Waals surface area contributed by atoms with Gasteiger partial charge in [0.2, 0.25) is 0 Å². The van der Waals surface area contributed by atoms with E-state index in [1.54, 1.807) is 18.2 Å². The van der Waals surface area contributed by atoms with Crippen LogP contribution in [0.15, 0.2) is 18.2 Å². The van der Waals surface area contributed by atoms with E-state index < -0.39 is 0 Å². The summed E-state index contributed by atoms with van der Waals surface area (Å²) >= 11 is 0. The summed E-state index contributed by atoms with van der Waals surface area (Å²) in [5.74, 6) is 1.61. The van der Waals surface area contributed by atoms with Gasteiger partial charge in [0.25, 0.3) is 0 Å². The Hall–Kier alpha value is -1.78. The number of rotatable bonds is 4. The number of hydrogen-bond donors (Lipinski definition) is 1. The number of para-hydroxylation sites is 1. The molecule has 0 heterocycles. The van der Waals surface area contributed by atoms with E-state index >= 15 is 0 Å². The first-order chi connectivity index (χ1) is 9.51. The van der Waals surface area contributed by atoms with Crippen LogP contribution in [-0.4, -0.2) is 18.1 Å². The molecular formula is C15H22N2O3. The summed E-state index contributed by atoms with van der Waals surface area (Å²) in [7, 11) is 1.46. The number of benzene rings is 1. The lowest BCUT2D eigenvalue weighted by atomic mass is 9.80. The molecule has 0 bridgehead atoms. The maximum absolute atomic E-state index is 11.3. The predicted octanol–water partition coefficient (Wildman–Crippen LogP) is 3.84. The zero-order chi connectivity index (χ0) is 14.7. The van der Waals surface area contributed by atoms with Crippen molar-refractivity contribution in [2.45, 2.75) is 39.2 Å². The zero-order valence-corrected chi connectivity index (χ0v) is 12.3. The van der Waals surface area contributed by atoms with Gasteiger partial charge in [0.1, 0.15) is 5.69 Å². The third-order valence-corrected chi connectivity index (χ3v) is 3.94. The number of anilines is 1. The van der Waals surface area contributed by atoms with Crippen LogP contribution in [-0.2, 0) is 0 Å². The molecule has 2 unspecified atom stereocenters. The molecule has 5 nitrogen and oxygen atoms in total. The van der Waals surface area contributed by atoms with Crippen molar-refractivity contribution in [3.8, 4) is 5.75 Å². The molecule has 20 heavy (non-hydrogen) atoms. The molecule has 1 aromatic carbocycles. The minimum absolute atomic E-state index is 0.0286. The number of methoxy groups -OCH3 is 1. The maximum Gasteiger partial charge on any atom is 0.333 e. The van der Waals surface area contributed by atoms with Crippen LogP contribution in [0.2, 0.25) is 0 Å². The first kappa shape index (κ1) is 14.6. The van der Waals surface area contributed by atoms with Gasteiger partial charge in [-0.05, 0) is 43.2 Å². The third-order valence-electron chi connectivity index (χ3n) is 3.94. The lowest BCUT2D eigenvalue weighted by Crippen LogP contribution is -2.30. The highest BCUT2D eigenvalue weighted by molar-refractivity contribution is 5.68. The van der Waals surface area contributed by atoms with E-state index in [4.69, 9.17) is 4.74 Å². The van der Waals surface area contributed by atoms with Crippen LogP contribution in [0.25, 0.3) is 0 Å². The van der Waals surface area contributed by atoms with Crippen molar-refractivity contribution in [2.75, 3.05) is 12.4 Å². The van der Waals surface area contributed by atoms with Crippen molar-refractivity contribution in [3.63, 3.8) is 0 Å². The molecular weight excluding hydrogens is 256 g/mol. The smallest absolute Gasteiger partial charge is 0.333 e. The fourth-order valence-electron chi connectivity index (χ4n) is 3.28. The van der Waals surface area contributed by atoms with Gasteiger partial charge in [0.05, 0.1) is 12.0 Å². The van der Waals surface area contributed by atoms with Gasteiger partial charge in [-0.25, -0.2) is 0 Å². The topological polar surface area (TPSA) is 64.4 Å². The zero-order valence-electron chi connectivity index (χ0n) is 12.3. The Kier molecular flexibility index (Phi) is 4.47. The Bertz CT molecular complexity index is 480. The van der Waals surface area contributed by atoms with Crippen LogP contribution in [0, 0.1) is 22.0 Å². The van der Waals surface area contributed by atoms with Gasteiger partial charge in [0, 0.05) is 6.04 Å². The second kappa shape index (κ2) is 6.11. The Morgan fingerprint density at radius 3 is 2.45 bits per heavy atom. The fraction of sp³-hybridized carbons (Fsp3) is 0.600. The Morgan fingerprint density at radius 2 is 1.90 bits per heavy atom. The van der Waals surface area contributed by atoms with Crippen molar-refractivity contribution >= 4 is 11.4 Å². The number of nitrogens with zero attached hydrogens (tertiary/aromatic N) is 1. The van der Waals surface area contributed by atoms with Crippen molar-refractivity contribution < 1.29 is 9.66 Å². The highest BCUT2D eigenvalue weighted by atomic mass is 16.6. The quantitative estimate of drug-likeness (QED) is 0.671. The van der Waals surface area contributed by atoms with Gasteiger partial charge in [-0.15, -0.1) is 0 Å². The normalized spacial score (nSPS) is 26.1. The van der Waals surface area contributed by atoms with E-state index in [2.05, 4.69) is 19.2 Å². The van der Waals surface area contributed by atoms with Crippen molar-refractivity contribution in [3.05, 3.63) is 28.3 Å².